The van der Waals surface area contributed by atoms with E-state index >= 15 is 0 Å². The van der Waals surface area contributed by atoms with Crippen LogP contribution in [-0.4, -0.2) is 17.7 Å². The van der Waals surface area contributed by atoms with Gasteiger partial charge in [0, 0.05) is 7.77 Å². The Labute approximate surface area is 64.5 Å². The topological polar surface area (TPSA) is 49.4 Å². The normalized spacial score (nSPS) is 32.5. The zero-order valence-corrected chi connectivity index (χ0v) is 6.18. The van der Waals surface area contributed by atoms with Gasteiger partial charge in [0.05, 0.1) is 0 Å². The smallest absolute Gasteiger partial charge is 0.147 e. The first-order valence-electron chi connectivity index (χ1n) is 3.27. The van der Waals surface area contributed by atoms with E-state index in [1.165, 1.54) is 17.8 Å². The summed E-state index contributed by atoms with van der Waals surface area (Å²) in [6.45, 7) is 0. The van der Waals surface area contributed by atoms with Gasteiger partial charge in [0.25, 0.3) is 0 Å². The van der Waals surface area contributed by atoms with Crippen molar-refractivity contribution in [2.45, 2.75) is 11.8 Å². The van der Waals surface area contributed by atoms with Crippen LogP contribution in [0.1, 0.15) is 7.77 Å². The van der Waals surface area contributed by atoms with Crippen molar-refractivity contribution in [1.82, 2.24) is 0 Å². The van der Waals surface area contributed by atoms with Crippen LogP contribution >= 0.6 is 11.8 Å². The second kappa shape index (κ2) is 2.96. The van der Waals surface area contributed by atoms with Gasteiger partial charge in [-0.15, -0.1) is 11.8 Å². The van der Waals surface area contributed by atoms with Crippen LogP contribution in [0.25, 0.3) is 0 Å². The van der Waals surface area contributed by atoms with Crippen molar-refractivity contribution in [3.8, 4) is 0 Å². The van der Waals surface area contributed by atoms with Gasteiger partial charge in [-0.25, -0.2) is 0 Å². The number of carboxylic acid groups (broad SMARTS) is 1. The summed E-state index contributed by atoms with van der Waals surface area (Å²) < 4.78 is 12.2. The van der Waals surface area contributed by atoms with Crippen molar-refractivity contribution in [3.63, 3.8) is 0 Å². The first-order valence-corrected chi connectivity index (χ1v) is 3.99. The Bertz CT molecular complexity index is 204. The third kappa shape index (κ3) is 1.44. The summed E-state index contributed by atoms with van der Waals surface area (Å²) >= 11 is 1.31. The van der Waals surface area contributed by atoms with Crippen molar-refractivity contribution in [3.05, 3.63) is 11.8 Å². The minimum Gasteiger partial charge on any atom is -0.542 e. The standard InChI is InChI=1S/C6H8O3S/c1-10-5-3-2-4(9-5)6(7)8/h2,5H,3H2,1H3,(H,7,8)/p-1/i3D. The van der Waals surface area contributed by atoms with Gasteiger partial charge in [-0.05, 0) is 12.3 Å². The Hall–Kier alpha value is -0.640. The molecule has 0 aromatic carbocycles. The maximum Gasteiger partial charge on any atom is 0.147 e. The molecule has 1 aliphatic rings. The molecule has 0 bridgehead atoms. The average Bonchev–Trinajstić information content (AvgIpc) is 2.31. The van der Waals surface area contributed by atoms with Crippen LogP contribution in [0.5, 0.6) is 0 Å². The van der Waals surface area contributed by atoms with Gasteiger partial charge in [-0.2, -0.15) is 0 Å². The highest BCUT2D eigenvalue weighted by Gasteiger charge is 2.16. The number of carbonyl (C=O) groups excluding carboxylic acids is 1. The number of rotatable bonds is 2. The lowest BCUT2D eigenvalue weighted by Crippen LogP contribution is -2.25. The molecule has 3 nitrogen and oxygen atoms in total. The van der Waals surface area contributed by atoms with Crippen molar-refractivity contribution in [1.29, 1.82) is 0 Å². The summed E-state index contributed by atoms with van der Waals surface area (Å²) in [5.41, 5.74) is -0.400. The predicted octanol–water partition coefficient (Wildman–Crippen LogP) is -0.270. The summed E-state index contributed by atoms with van der Waals surface area (Å²) in [4.78, 5) is 10.2. The van der Waals surface area contributed by atoms with E-state index in [-0.39, 0.29) is 5.76 Å². The summed E-state index contributed by atoms with van der Waals surface area (Å²) in [5.74, 6) is -1.57. The molecule has 2 unspecified atom stereocenters. The molecule has 0 amide bonds. The van der Waals surface area contributed by atoms with Gasteiger partial charge in [-0.1, -0.05) is 0 Å². The van der Waals surface area contributed by atoms with Gasteiger partial charge >= 0.3 is 0 Å². The lowest BCUT2D eigenvalue weighted by atomic mass is 10.4. The largest absolute Gasteiger partial charge is 0.542 e. The van der Waals surface area contributed by atoms with E-state index in [0.717, 1.165) is 0 Å². The molecule has 0 aromatic heterocycles. The number of ether oxygens (including phenoxy) is 1. The van der Waals surface area contributed by atoms with Crippen LogP contribution in [0, 0.1) is 0 Å². The molecule has 0 aromatic rings. The molecular formula is C6H7O3S-. The zero-order chi connectivity index (χ0) is 8.43. The number of thioether (sulfide) groups is 1. The second-order valence-corrected chi connectivity index (χ2v) is 2.67. The number of carboxylic acids is 1. The summed E-state index contributed by atoms with van der Waals surface area (Å²) in [5, 5.41) is 10.2. The van der Waals surface area contributed by atoms with Crippen molar-refractivity contribution in [2.24, 2.45) is 0 Å². The highest BCUT2D eigenvalue weighted by molar-refractivity contribution is 7.99. The minimum atomic E-state index is -1.35. The number of hydrogen-bond donors (Lipinski definition) is 0. The van der Waals surface area contributed by atoms with Crippen LogP contribution in [0.4, 0.5) is 0 Å². The fraction of sp³-hybridized carbons (Fsp3) is 0.500. The Morgan fingerprint density at radius 2 is 2.90 bits per heavy atom. The molecule has 0 aliphatic carbocycles. The van der Waals surface area contributed by atoms with Gasteiger partial charge in [0.2, 0.25) is 0 Å². The quantitative estimate of drug-likeness (QED) is 0.558. The number of aliphatic carboxylic acids is 1. The molecule has 10 heavy (non-hydrogen) atoms. The summed E-state index contributed by atoms with van der Waals surface area (Å²) in [6.07, 6.45) is 2.41. The van der Waals surface area contributed by atoms with E-state index in [1.807, 2.05) is 0 Å². The monoisotopic (exact) mass is 160 g/mol. The molecule has 56 valence electrons. The Kier molecular flexibility index (Phi) is 1.81. The molecule has 1 heterocycles. The average molecular weight is 160 g/mol. The first-order chi connectivity index (χ1) is 5.15. The molecule has 0 saturated carbocycles. The third-order valence-electron chi connectivity index (χ3n) is 1.08. The van der Waals surface area contributed by atoms with Crippen molar-refractivity contribution >= 4 is 17.7 Å². The van der Waals surface area contributed by atoms with E-state index < -0.39 is 17.8 Å². The third-order valence-corrected chi connectivity index (χ3v) is 1.80. The van der Waals surface area contributed by atoms with Crippen LogP contribution in [-0.2, 0) is 9.53 Å². The molecule has 0 fully saturated rings. The van der Waals surface area contributed by atoms with Crippen LogP contribution < -0.4 is 5.11 Å². The first kappa shape index (κ1) is 6.09. The molecule has 4 heteroatoms. The Morgan fingerprint density at radius 3 is 3.20 bits per heavy atom. The van der Waals surface area contributed by atoms with E-state index in [1.54, 1.807) is 6.26 Å². The molecule has 0 radical (unpaired) electrons. The molecule has 0 N–H and O–H groups in total. The Morgan fingerprint density at radius 1 is 2.20 bits per heavy atom. The fourth-order valence-electron chi connectivity index (χ4n) is 0.613. The Balaban J connectivity index is 2.63. The predicted molar refractivity (Wildman–Crippen MR) is 36.1 cm³/mol. The van der Waals surface area contributed by atoms with E-state index in [4.69, 9.17) is 6.11 Å². The maximum absolute atomic E-state index is 10.2. The number of hydrogen-bond acceptors (Lipinski definition) is 4. The van der Waals surface area contributed by atoms with Gasteiger partial charge in [0.15, 0.2) is 0 Å². The molecule has 0 spiro atoms. The lowest BCUT2D eigenvalue weighted by Gasteiger charge is -2.09. The number of carbonyl (C=O) groups is 1. The highest BCUT2D eigenvalue weighted by atomic mass is 32.2. The lowest BCUT2D eigenvalue weighted by molar-refractivity contribution is -0.303. The molecular weight excluding hydrogens is 152 g/mol. The van der Waals surface area contributed by atoms with Crippen LogP contribution in [0.15, 0.2) is 11.8 Å². The van der Waals surface area contributed by atoms with Gasteiger partial charge in [-0.3, -0.25) is 0 Å². The van der Waals surface area contributed by atoms with Crippen LogP contribution in [0.3, 0.4) is 0 Å². The highest BCUT2D eigenvalue weighted by Crippen LogP contribution is 2.23. The second-order valence-electron chi connectivity index (χ2n) is 1.73. The maximum atomic E-state index is 10.2. The molecule has 2 atom stereocenters. The van der Waals surface area contributed by atoms with Gasteiger partial charge < -0.3 is 14.6 Å². The summed E-state index contributed by atoms with van der Waals surface area (Å²) in [7, 11) is 0. The van der Waals surface area contributed by atoms with Gasteiger partial charge in [0.1, 0.15) is 17.2 Å². The van der Waals surface area contributed by atoms with Crippen molar-refractivity contribution < 1.29 is 16.0 Å². The van der Waals surface area contributed by atoms with Crippen LogP contribution in [0.2, 0.25) is 0 Å². The zero-order valence-electron chi connectivity index (χ0n) is 6.37. The van der Waals surface area contributed by atoms with Crippen molar-refractivity contribution in [2.75, 3.05) is 6.26 Å². The summed E-state index contributed by atoms with van der Waals surface area (Å²) in [6, 6.07) is 0. The SMILES string of the molecule is [2H]C1C=C(C(=O)[O-])OC1SC. The molecule has 0 saturated heterocycles. The van der Waals surface area contributed by atoms with E-state index in [9.17, 15) is 9.90 Å². The molecule has 1 rings (SSSR count). The van der Waals surface area contributed by atoms with E-state index in [0.29, 0.717) is 0 Å². The minimum absolute atomic E-state index is 0.218. The molecule has 1 aliphatic heterocycles. The fourth-order valence-corrected chi connectivity index (χ4v) is 1.05. The van der Waals surface area contributed by atoms with E-state index in [2.05, 4.69) is 0 Å².